The van der Waals surface area contributed by atoms with Crippen LogP contribution in [0, 0.1) is 18.3 Å². The minimum absolute atomic E-state index is 0.131. The molecule has 1 fully saturated rings. The number of aryl methyl sites for hydroxylation is 1. The molecule has 6 nitrogen and oxygen atoms in total. The van der Waals surface area contributed by atoms with Crippen LogP contribution in [0.15, 0.2) is 36.4 Å². The van der Waals surface area contributed by atoms with Crippen LogP contribution in [-0.2, 0) is 4.74 Å². The topological polar surface area (TPSA) is 65.4 Å². The number of hydrogen-bond donors (Lipinski definition) is 1. The molecule has 1 N–H and O–H groups in total. The zero-order valence-corrected chi connectivity index (χ0v) is 21.4. The van der Waals surface area contributed by atoms with Crippen LogP contribution in [0.1, 0.15) is 75.8 Å². The summed E-state index contributed by atoms with van der Waals surface area (Å²) in [6.45, 7) is 13.1. The fourth-order valence-electron chi connectivity index (χ4n) is 5.54. The summed E-state index contributed by atoms with van der Waals surface area (Å²) in [5.74, 6) is 1.93. The van der Waals surface area contributed by atoms with E-state index in [1.54, 1.807) is 0 Å². The number of methoxy groups -OCH3 is 1. The Kier molecular flexibility index (Phi) is 6.61. The molecule has 34 heavy (non-hydrogen) atoms. The highest BCUT2D eigenvalue weighted by molar-refractivity contribution is 5.96. The van der Waals surface area contributed by atoms with E-state index in [4.69, 9.17) is 14.5 Å². The highest BCUT2D eigenvalue weighted by atomic mass is 16.5. The van der Waals surface area contributed by atoms with E-state index in [-0.39, 0.29) is 17.5 Å². The van der Waals surface area contributed by atoms with E-state index in [0.717, 1.165) is 46.8 Å². The van der Waals surface area contributed by atoms with Crippen molar-refractivity contribution in [3.8, 4) is 5.75 Å². The number of esters is 1. The third-order valence-electron chi connectivity index (χ3n) is 6.65. The van der Waals surface area contributed by atoms with Crippen molar-refractivity contribution in [1.29, 1.82) is 0 Å². The zero-order chi connectivity index (χ0) is 24.6. The van der Waals surface area contributed by atoms with Crippen LogP contribution in [0.25, 0.3) is 11.0 Å². The molecule has 0 spiro atoms. The molecule has 1 aromatic heterocycles. The van der Waals surface area contributed by atoms with Gasteiger partial charge in [0, 0.05) is 11.7 Å². The number of anilines is 2. The summed E-state index contributed by atoms with van der Waals surface area (Å²) in [6, 6.07) is 12.2. The number of nitrogens with one attached hydrogen (secondary N) is 1. The molecule has 0 bridgehead atoms. The predicted octanol–water partition coefficient (Wildman–Crippen LogP) is 7.05. The smallest absolute Gasteiger partial charge is 0.338 e. The highest BCUT2D eigenvalue weighted by Gasteiger charge is 2.35. The average molecular weight is 464 g/mol. The normalized spacial score (nSPS) is 19.9. The second-order valence-corrected chi connectivity index (χ2v) is 10.8. The Bertz CT molecular complexity index is 1180. The van der Waals surface area contributed by atoms with E-state index < -0.39 is 0 Å². The number of fused-ring (bicyclic) bond motifs is 1. The molecule has 1 heterocycles. The zero-order valence-electron chi connectivity index (χ0n) is 21.4. The van der Waals surface area contributed by atoms with Crippen molar-refractivity contribution in [2.45, 2.75) is 73.0 Å². The molecular weight excluding hydrogens is 426 g/mol. The first kappa shape index (κ1) is 24.1. The Labute approximate surface area is 202 Å². The molecule has 2 atom stereocenters. The minimum atomic E-state index is -0.336. The van der Waals surface area contributed by atoms with Gasteiger partial charge in [0.05, 0.1) is 29.8 Å². The van der Waals surface area contributed by atoms with E-state index in [2.05, 4.69) is 36.7 Å². The lowest BCUT2D eigenvalue weighted by atomic mass is 9.70. The number of benzene rings is 2. The molecule has 0 aliphatic heterocycles. The first-order valence-corrected chi connectivity index (χ1v) is 12.2. The van der Waals surface area contributed by atoms with Gasteiger partial charge in [-0.3, -0.25) is 0 Å². The number of ether oxygens (including phenoxy) is 2. The van der Waals surface area contributed by atoms with E-state index in [1.165, 1.54) is 13.5 Å². The van der Waals surface area contributed by atoms with Gasteiger partial charge in [-0.25, -0.2) is 9.78 Å². The van der Waals surface area contributed by atoms with Crippen LogP contribution in [0.2, 0.25) is 0 Å². The van der Waals surface area contributed by atoms with Gasteiger partial charge >= 0.3 is 5.97 Å². The Morgan fingerprint density at radius 3 is 2.50 bits per heavy atom. The third kappa shape index (κ3) is 5.06. The second-order valence-electron chi connectivity index (χ2n) is 10.8. The fourth-order valence-corrected chi connectivity index (χ4v) is 5.54. The molecule has 0 saturated heterocycles. The number of imidazole rings is 1. The van der Waals surface area contributed by atoms with Crippen molar-refractivity contribution >= 4 is 28.6 Å². The summed E-state index contributed by atoms with van der Waals surface area (Å²) in [5, 5.41) is 3.54. The molecule has 3 aromatic rings. The number of hydrogen-bond acceptors (Lipinski definition) is 5. The SMILES string of the molecule is COC(=O)c1cc2nc(Nc3ccc(OC(C)C)cc3)n([C@H]3C[C@@H](C)CC(C)(C)C3)c2cc1C. The quantitative estimate of drug-likeness (QED) is 0.397. The lowest BCUT2D eigenvalue weighted by Gasteiger charge is -2.40. The summed E-state index contributed by atoms with van der Waals surface area (Å²) < 4.78 is 13.1. The molecule has 0 radical (unpaired) electrons. The van der Waals surface area contributed by atoms with Gasteiger partial charge in [0.25, 0.3) is 0 Å². The van der Waals surface area contributed by atoms with Crippen molar-refractivity contribution in [1.82, 2.24) is 9.55 Å². The van der Waals surface area contributed by atoms with Crippen molar-refractivity contribution < 1.29 is 14.3 Å². The number of nitrogens with zero attached hydrogens (tertiary/aromatic N) is 2. The molecule has 6 heteroatoms. The summed E-state index contributed by atoms with van der Waals surface area (Å²) in [5.41, 5.74) is 4.49. The monoisotopic (exact) mass is 463 g/mol. The maximum atomic E-state index is 12.3. The number of carbonyl (C=O) groups excluding carboxylic acids is 1. The van der Waals surface area contributed by atoms with Gasteiger partial charge in [0.15, 0.2) is 0 Å². The van der Waals surface area contributed by atoms with Gasteiger partial charge in [-0.1, -0.05) is 20.8 Å². The highest BCUT2D eigenvalue weighted by Crippen LogP contribution is 2.46. The Balaban J connectivity index is 1.79. The molecule has 0 amide bonds. The Morgan fingerprint density at radius 1 is 1.18 bits per heavy atom. The van der Waals surface area contributed by atoms with Crippen LogP contribution < -0.4 is 10.1 Å². The van der Waals surface area contributed by atoms with Crippen molar-refractivity contribution in [2.75, 3.05) is 12.4 Å². The van der Waals surface area contributed by atoms with E-state index in [1.807, 2.05) is 51.1 Å². The molecule has 1 saturated carbocycles. The largest absolute Gasteiger partial charge is 0.491 e. The lowest BCUT2D eigenvalue weighted by molar-refractivity contribution is 0.0600. The summed E-state index contributed by atoms with van der Waals surface area (Å²) >= 11 is 0. The van der Waals surface area contributed by atoms with Gasteiger partial charge in [-0.05, 0) is 93.3 Å². The van der Waals surface area contributed by atoms with Gasteiger partial charge in [0.1, 0.15) is 5.75 Å². The summed E-state index contributed by atoms with van der Waals surface area (Å²) in [7, 11) is 1.41. The Morgan fingerprint density at radius 2 is 1.88 bits per heavy atom. The van der Waals surface area contributed by atoms with Gasteiger partial charge in [-0.2, -0.15) is 0 Å². The van der Waals surface area contributed by atoms with Crippen LogP contribution in [0.5, 0.6) is 5.75 Å². The Hall–Kier alpha value is -3.02. The fraction of sp³-hybridized carbons (Fsp3) is 0.500. The van der Waals surface area contributed by atoms with E-state index >= 15 is 0 Å². The van der Waals surface area contributed by atoms with Gasteiger partial charge in [-0.15, -0.1) is 0 Å². The van der Waals surface area contributed by atoms with Gasteiger partial charge < -0.3 is 19.4 Å². The van der Waals surface area contributed by atoms with E-state index in [9.17, 15) is 4.79 Å². The molecular formula is C28H37N3O3. The summed E-state index contributed by atoms with van der Waals surface area (Å²) in [6.07, 6.45) is 3.53. The predicted molar refractivity (Wildman–Crippen MR) is 137 cm³/mol. The second kappa shape index (κ2) is 9.32. The van der Waals surface area contributed by atoms with Crippen LogP contribution in [0.4, 0.5) is 11.6 Å². The van der Waals surface area contributed by atoms with Crippen molar-refractivity contribution in [3.63, 3.8) is 0 Å². The van der Waals surface area contributed by atoms with Crippen molar-refractivity contribution in [2.24, 2.45) is 11.3 Å². The first-order valence-electron chi connectivity index (χ1n) is 12.2. The van der Waals surface area contributed by atoms with Crippen LogP contribution in [-0.4, -0.2) is 28.7 Å². The summed E-state index contributed by atoms with van der Waals surface area (Å²) in [4.78, 5) is 17.3. The van der Waals surface area contributed by atoms with E-state index in [0.29, 0.717) is 17.5 Å². The van der Waals surface area contributed by atoms with Crippen LogP contribution in [0.3, 0.4) is 0 Å². The standard InChI is InChI=1S/C28H37N3O3/c1-17(2)34-22-10-8-20(9-11-22)29-27-30-24-14-23(26(32)33-7)19(4)13-25(24)31(27)21-12-18(3)15-28(5,6)16-21/h8-11,13-14,17-18,21H,12,15-16H2,1-7H3,(H,29,30)/t18-,21+/m1/s1. The third-order valence-corrected chi connectivity index (χ3v) is 6.65. The molecule has 1 aliphatic carbocycles. The average Bonchev–Trinajstić information content (AvgIpc) is 3.08. The molecule has 182 valence electrons. The minimum Gasteiger partial charge on any atom is -0.491 e. The van der Waals surface area contributed by atoms with Crippen molar-refractivity contribution in [3.05, 3.63) is 47.5 Å². The number of rotatable bonds is 6. The molecule has 0 unspecified atom stereocenters. The molecule has 2 aromatic carbocycles. The number of aromatic nitrogens is 2. The number of carbonyl (C=O) groups is 1. The van der Waals surface area contributed by atoms with Crippen LogP contribution >= 0.6 is 0 Å². The molecule has 1 aliphatic rings. The molecule has 4 rings (SSSR count). The van der Waals surface area contributed by atoms with Gasteiger partial charge in [0.2, 0.25) is 5.95 Å². The maximum Gasteiger partial charge on any atom is 0.338 e. The first-order chi connectivity index (χ1) is 16.1. The lowest BCUT2D eigenvalue weighted by Crippen LogP contribution is -2.29. The maximum absolute atomic E-state index is 12.3.